The van der Waals surface area contributed by atoms with Crippen molar-refractivity contribution in [3.63, 3.8) is 0 Å². The molecule has 1 amide bonds. The summed E-state index contributed by atoms with van der Waals surface area (Å²) in [4.78, 5) is 25.1. The van der Waals surface area contributed by atoms with Crippen LogP contribution in [0.3, 0.4) is 0 Å². The highest BCUT2D eigenvalue weighted by atomic mass is 32.1. The summed E-state index contributed by atoms with van der Waals surface area (Å²) < 4.78 is 31.7. The first-order chi connectivity index (χ1) is 12.6. The summed E-state index contributed by atoms with van der Waals surface area (Å²) >= 11 is 1.58. The first kappa shape index (κ1) is 23.3. The number of alkyl halides is 3. The fraction of sp³-hybridized carbons (Fsp3) is 0.688. The van der Waals surface area contributed by atoms with Crippen molar-refractivity contribution in [3.8, 4) is 0 Å². The Morgan fingerprint density at radius 3 is 2.52 bits per heavy atom. The molecule has 0 saturated heterocycles. The molecule has 0 aromatic carbocycles. The number of thiazole rings is 1. The maximum Gasteiger partial charge on any atom is 0.490 e. The number of aliphatic carboxylic acids is 1. The lowest BCUT2D eigenvalue weighted by Crippen LogP contribution is -2.48. The summed E-state index contributed by atoms with van der Waals surface area (Å²) in [5, 5.41) is 15.4. The number of amides is 1. The van der Waals surface area contributed by atoms with E-state index in [-0.39, 0.29) is 18.0 Å². The number of aromatic nitrogens is 1. The van der Waals surface area contributed by atoms with Crippen LogP contribution in [-0.4, -0.2) is 53.3 Å². The lowest BCUT2D eigenvalue weighted by molar-refractivity contribution is -0.192. The third kappa shape index (κ3) is 10.3. The average molecular weight is 410 g/mol. The Hall–Kier alpha value is -1.72. The molecule has 1 aromatic heterocycles. The topological polar surface area (TPSA) is 117 Å². The molecule has 5 N–H and O–H groups in total. The highest BCUT2D eigenvalue weighted by molar-refractivity contribution is 7.07. The van der Waals surface area contributed by atoms with Crippen LogP contribution in [0, 0.1) is 5.92 Å². The summed E-state index contributed by atoms with van der Waals surface area (Å²) in [6.07, 6.45) is -1.05. The SMILES string of the molecule is CC[C@H](NC[C@@H](N)Cc1cscn1)C(=O)NCC1CC1.O=C(O)C(F)(F)F. The smallest absolute Gasteiger partial charge is 0.475 e. The summed E-state index contributed by atoms with van der Waals surface area (Å²) in [6.45, 7) is 3.47. The first-order valence-electron chi connectivity index (χ1n) is 8.57. The molecular weight excluding hydrogens is 385 g/mol. The van der Waals surface area contributed by atoms with Gasteiger partial charge in [0.2, 0.25) is 5.91 Å². The number of rotatable bonds is 9. The van der Waals surface area contributed by atoms with Gasteiger partial charge < -0.3 is 21.5 Å². The lowest BCUT2D eigenvalue weighted by Gasteiger charge is -2.19. The number of halogens is 3. The van der Waals surface area contributed by atoms with Crippen LogP contribution in [0.1, 0.15) is 31.9 Å². The predicted molar refractivity (Wildman–Crippen MR) is 95.3 cm³/mol. The summed E-state index contributed by atoms with van der Waals surface area (Å²) in [5.74, 6) is -1.95. The fourth-order valence-corrected chi connectivity index (χ4v) is 2.66. The highest BCUT2D eigenvalue weighted by Crippen LogP contribution is 2.27. The minimum atomic E-state index is -5.08. The number of carbonyl (C=O) groups is 2. The molecule has 27 heavy (non-hydrogen) atoms. The number of carboxylic acid groups (broad SMARTS) is 1. The van der Waals surface area contributed by atoms with Crippen molar-refractivity contribution in [3.05, 3.63) is 16.6 Å². The number of hydrogen-bond acceptors (Lipinski definition) is 6. The molecule has 0 spiro atoms. The number of nitrogens with one attached hydrogen (secondary N) is 2. The molecule has 1 aliphatic carbocycles. The van der Waals surface area contributed by atoms with Gasteiger partial charge in [-0.3, -0.25) is 4.79 Å². The predicted octanol–water partition coefficient (Wildman–Crippen LogP) is 1.54. The Kier molecular flexibility index (Phi) is 9.67. The number of nitrogens with zero attached hydrogens (tertiary/aromatic N) is 1. The molecule has 7 nitrogen and oxygen atoms in total. The van der Waals surface area contributed by atoms with E-state index in [1.54, 1.807) is 11.3 Å². The number of carbonyl (C=O) groups excluding carboxylic acids is 1. The molecule has 1 aromatic rings. The van der Waals surface area contributed by atoms with E-state index < -0.39 is 12.1 Å². The molecule has 11 heteroatoms. The quantitative estimate of drug-likeness (QED) is 0.491. The minimum Gasteiger partial charge on any atom is -0.475 e. The van der Waals surface area contributed by atoms with Crippen LogP contribution in [0.25, 0.3) is 0 Å². The summed E-state index contributed by atoms with van der Waals surface area (Å²) in [7, 11) is 0. The largest absolute Gasteiger partial charge is 0.490 e. The standard InChI is InChI=1S/C14H24N4OS.C2HF3O2/c1-2-13(14(19)17-6-10-3-4-10)16-7-11(15)5-12-8-20-9-18-12;3-2(4,5)1(6)7/h8-11,13,16H,2-7,15H2,1H3,(H,17,19);(H,6,7)/t11-,13-;/m0./s1. The van der Waals surface area contributed by atoms with E-state index in [2.05, 4.69) is 15.6 Å². The Labute approximate surface area is 159 Å². The number of nitrogens with two attached hydrogens (primary N) is 1. The minimum absolute atomic E-state index is 0.0117. The Balaban J connectivity index is 0.000000445. The van der Waals surface area contributed by atoms with Gasteiger partial charge in [0, 0.05) is 30.9 Å². The van der Waals surface area contributed by atoms with Gasteiger partial charge in [-0.15, -0.1) is 11.3 Å². The lowest BCUT2D eigenvalue weighted by atomic mass is 10.1. The highest BCUT2D eigenvalue weighted by Gasteiger charge is 2.38. The molecule has 0 bridgehead atoms. The molecule has 2 rings (SSSR count). The molecule has 1 heterocycles. The van der Waals surface area contributed by atoms with Crippen LogP contribution < -0.4 is 16.4 Å². The normalized spacial score (nSPS) is 16.0. The van der Waals surface area contributed by atoms with Crippen molar-refractivity contribution in [2.45, 2.75) is 50.9 Å². The fourth-order valence-electron chi connectivity index (χ4n) is 2.09. The zero-order valence-electron chi connectivity index (χ0n) is 15.0. The van der Waals surface area contributed by atoms with Crippen molar-refractivity contribution < 1.29 is 27.9 Å². The van der Waals surface area contributed by atoms with Crippen LogP contribution in [0.4, 0.5) is 13.2 Å². The van der Waals surface area contributed by atoms with E-state index in [1.165, 1.54) is 12.8 Å². The Bertz CT molecular complexity index is 580. The van der Waals surface area contributed by atoms with Gasteiger partial charge in [0.25, 0.3) is 0 Å². The molecule has 1 saturated carbocycles. The molecule has 0 radical (unpaired) electrons. The Morgan fingerprint density at radius 1 is 1.44 bits per heavy atom. The second-order valence-corrected chi connectivity index (χ2v) is 7.02. The maximum absolute atomic E-state index is 12.0. The van der Waals surface area contributed by atoms with Gasteiger partial charge >= 0.3 is 12.1 Å². The van der Waals surface area contributed by atoms with E-state index in [4.69, 9.17) is 15.6 Å². The monoisotopic (exact) mass is 410 g/mol. The van der Waals surface area contributed by atoms with E-state index in [1.807, 2.05) is 17.8 Å². The van der Waals surface area contributed by atoms with Gasteiger partial charge in [0.05, 0.1) is 17.2 Å². The molecular formula is C16H25F3N4O3S. The number of carboxylic acids is 1. The van der Waals surface area contributed by atoms with Crippen LogP contribution in [-0.2, 0) is 16.0 Å². The summed E-state index contributed by atoms with van der Waals surface area (Å²) in [5.41, 5.74) is 8.91. The second kappa shape index (κ2) is 11.2. The van der Waals surface area contributed by atoms with Crippen LogP contribution in [0.15, 0.2) is 10.9 Å². The van der Waals surface area contributed by atoms with Crippen molar-refractivity contribution in [2.75, 3.05) is 13.1 Å². The van der Waals surface area contributed by atoms with Gasteiger partial charge in [-0.2, -0.15) is 13.2 Å². The zero-order valence-corrected chi connectivity index (χ0v) is 15.8. The molecule has 154 valence electrons. The van der Waals surface area contributed by atoms with Crippen LogP contribution in [0.5, 0.6) is 0 Å². The summed E-state index contributed by atoms with van der Waals surface area (Å²) in [6, 6.07) is -0.155. The third-order valence-corrected chi connectivity index (χ3v) is 4.45. The second-order valence-electron chi connectivity index (χ2n) is 6.30. The Morgan fingerprint density at radius 2 is 2.07 bits per heavy atom. The van der Waals surface area contributed by atoms with E-state index in [0.29, 0.717) is 12.5 Å². The van der Waals surface area contributed by atoms with Gasteiger partial charge in [-0.05, 0) is 25.2 Å². The average Bonchev–Trinajstić information content (AvgIpc) is 3.28. The van der Waals surface area contributed by atoms with E-state index in [0.717, 1.165) is 25.1 Å². The van der Waals surface area contributed by atoms with E-state index in [9.17, 15) is 18.0 Å². The zero-order chi connectivity index (χ0) is 20.4. The van der Waals surface area contributed by atoms with Gasteiger partial charge in [0.15, 0.2) is 0 Å². The van der Waals surface area contributed by atoms with Crippen molar-refractivity contribution in [2.24, 2.45) is 11.7 Å². The van der Waals surface area contributed by atoms with Crippen LogP contribution >= 0.6 is 11.3 Å². The molecule has 2 atom stereocenters. The maximum atomic E-state index is 12.0. The van der Waals surface area contributed by atoms with Crippen molar-refractivity contribution in [1.29, 1.82) is 0 Å². The van der Waals surface area contributed by atoms with E-state index >= 15 is 0 Å². The number of hydrogen-bond donors (Lipinski definition) is 4. The van der Waals surface area contributed by atoms with Crippen LogP contribution in [0.2, 0.25) is 0 Å². The van der Waals surface area contributed by atoms with Crippen molar-refractivity contribution in [1.82, 2.24) is 15.6 Å². The molecule has 1 aliphatic rings. The van der Waals surface area contributed by atoms with Gasteiger partial charge in [-0.25, -0.2) is 9.78 Å². The third-order valence-electron chi connectivity index (χ3n) is 3.81. The van der Waals surface area contributed by atoms with Gasteiger partial charge in [0.1, 0.15) is 0 Å². The van der Waals surface area contributed by atoms with Gasteiger partial charge in [-0.1, -0.05) is 6.92 Å². The van der Waals surface area contributed by atoms with Crippen molar-refractivity contribution >= 4 is 23.2 Å². The molecule has 0 unspecified atom stereocenters. The molecule has 1 fully saturated rings. The first-order valence-corrected chi connectivity index (χ1v) is 9.51. The molecule has 0 aliphatic heterocycles.